The molecule has 1 fully saturated rings. The Labute approximate surface area is 180 Å². The molecule has 1 aliphatic rings. The number of fused-ring (bicyclic) bond motifs is 1. The Morgan fingerprint density at radius 3 is 2.48 bits per heavy atom. The molecule has 0 aliphatic carbocycles. The van der Waals surface area contributed by atoms with Gasteiger partial charge in [-0.2, -0.15) is 4.90 Å². The van der Waals surface area contributed by atoms with Gasteiger partial charge in [0.25, 0.3) is 5.91 Å². The first-order valence-corrected chi connectivity index (χ1v) is 11.6. The zero-order valence-electron chi connectivity index (χ0n) is 17.5. The van der Waals surface area contributed by atoms with Gasteiger partial charge in [-0.15, -0.1) is 0 Å². The molecule has 9 nitrogen and oxygen atoms in total. The van der Waals surface area contributed by atoms with Crippen LogP contribution in [0, 0.1) is 0 Å². The summed E-state index contributed by atoms with van der Waals surface area (Å²) in [6, 6.07) is 7.63. The van der Waals surface area contributed by atoms with Crippen molar-refractivity contribution in [2.45, 2.75) is 44.2 Å². The Bertz CT molecular complexity index is 1270. The summed E-state index contributed by atoms with van der Waals surface area (Å²) in [5, 5.41) is 0. The van der Waals surface area contributed by atoms with Crippen molar-refractivity contribution in [2.24, 2.45) is 0 Å². The number of imidazole rings is 1. The molecular formula is C21H23N5O4S. The molecule has 0 radical (unpaired) electrons. The van der Waals surface area contributed by atoms with E-state index in [0.29, 0.717) is 17.5 Å². The normalized spacial score (nSPS) is 16.5. The number of H-pyrrole nitrogens is 1. The molecule has 1 N–H and O–H groups in total. The van der Waals surface area contributed by atoms with Gasteiger partial charge in [0.15, 0.2) is 9.84 Å². The molecular weight excluding hydrogens is 418 g/mol. The fraction of sp³-hybridized carbons (Fsp3) is 0.333. The quantitative estimate of drug-likeness (QED) is 0.588. The third-order valence-electron chi connectivity index (χ3n) is 5.40. The molecule has 3 heterocycles. The van der Waals surface area contributed by atoms with Gasteiger partial charge in [-0.25, -0.2) is 18.2 Å². The number of rotatable bonds is 6. The summed E-state index contributed by atoms with van der Waals surface area (Å²) in [5.41, 5.74) is 0.686. The van der Waals surface area contributed by atoms with Crippen molar-refractivity contribution in [3.8, 4) is 0 Å². The minimum atomic E-state index is -3.40. The van der Waals surface area contributed by atoms with Crippen LogP contribution in [0.3, 0.4) is 0 Å². The molecule has 0 spiro atoms. The number of amides is 3. The van der Waals surface area contributed by atoms with Crippen LogP contribution in [0.5, 0.6) is 0 Å². The van der Waals surface area contributed by atoms with Crippen molar-refractivity contribution in [2.75, 3.05) is 10.7 Å². The second kappa shape index (κ2) is 7.45. The van der Waals surface area contributed by atoms with Crippen molar-refractivity contribution in [3.63, 3.8) is 0 Å². The van der Waals surface area contributed by atoms with Gasteiger partial charge in [0.2, 0.25) is 5.95 Å². The van der Waals surface area contributed by atoms with Gasteiger partial charge < -0.3 is 9.88 Å². The summed E-state index contributed by atoms with van der Waals surface area (Å²) in [6.07, 6.45) is 3.77. The zero-order chi connectivity index (χ0) is 22.4. The molecule has 3 aromatic rings. The van der Waals surface area contributed by atoms with Crippen LogP contribution >= 0.6 is 0 Å². The number of benzene rings is 1. The maximum atomic E-state index is 13.2. The second-order valence-electron chi connectivity index (χ2n) is 7.98. The monoisotopic (exact) mass is 441 g/mol. The van der Waals surface area contributed by atoms with Gasteiger partial charge in [0, 0.05) is 18.9 Å². The largest absolute Gasteiger partial charge is 0.335 e. The van der Waals surface area contributed by atoms with Crippen LogP contribution in [0.15, 0.2) is 47.6 Å². The molecule has 3 amide bonds. The van der Waals surface area contributed by atoms with E-state index in [4.69, 9.17) is 0 Å². The highest BCUT2D eigenvalue weighted by atomic mass is 32.2. The van der Waals surface area contributed by atoms with E-state index in [1.54, 1.807) is 51.4 Å². The minimum Gasteiger partial charge on any atom is -0.323 e. The van der Waals surface area contributed by atoms with Gasteiger partial charge in [-0.1, -0.05) is 6.92 Å². The highest BCUT2D eigenvalue weighted by Crippen LogP contribution is 2.33. The number of pyridine rings is 1. The first-order chi connectivity index (χ1) is 14.6. The molecule has 1 aromatic carbocycles. The SMILES string of the molecule is CCCS(=O)(=O)c1ccc2nc(N3C(=O)N(Cc4ccncc4)C(C)(C)C3=O)[nH]c2c1. The molecule has 1 aliphatic heterocycles. The third-order valence-corrected chi connectivity index (χ3v) is 7.32. The van der Waals surface area contributed by atoms with E-state index >= 15 is 0 Å². The number of carbonyl (C=O) groups excluding carboxylic acids is 2. The van der Waals surface area contributed by atoms with E-state index in [9.17, 15) is 18.0 Å². The number of urea groups is 1. The average molecular weight is 442 g/mol. The molecule has 0 atom stereocenters. The average Bonchev–Trinajstić information content (AvgIpc) is 3.21. The Kier molecular flexibility index (Phi) is 5.04. The smallest absolute Gasteiger partial charge is 0.323 e. The lowest BCUT2D eigenvalue weighted by atomic mass is 10.0. The predicted molar refractivity (Wildman–Crippen MR) is 115 cm³/mol. The summed E-state index contributed by atoms with van der Waals surface area (Å²) in [7, 11) is -3.40. The van der Waals surface area contributed by atoms with Gasteiger partial charge in [-0.05, 0) is 56.2 Å². The van der Waals surface area contributed by atoms with Crippen LogP contribution in [-0.2, 0) is 21.2 Å². The Morgan fingerprint density at radius 2 is 1.81 bits per heavy atom. The van der Waals surface area contributed by atoms with Gasteiger partial charge in [-0.3, -0.25) is 9.78 Å². The Balaban J connectivity index is 1.70. The molecule has 4 rings (SSSR count). The van der Waals surface area contributed by atoms with Crippen LogP contribution in [-0.4, -0.2) is 51.5 Å². The fourth-order valence-electron chi connectivity index (χ4n) is 3.62. The van der Waals surface area contributed by atoms with E-state index < -0.39 is 27.3 Å². The predicted octanol–water partition coefficient (Wildman–Crippen LogP) is 2.89. The van der Waals surface area contributed by atoms with Crippen molar-refractivity contribution in [1.82, 2.24) is 19.9 Å². The van der Waals surface area contributed by atoms with Crippen molar-refractivity contribution < 1.29 is 18.0 Å². The molecule has 162 valence electrons. The summed E-state index contributed by atoms with van der Waals surface area (Å²) >= 11 is 0. The van der Waals surface area contributed by atoms with Crippen LogP contribution < -0.4 is 4.90 Å². The first kappa shape index (κ1) is 21.0. The maximum Gasteiger partial charge on any atom is 0.335 e. The first-order valence-electron chi connectivity index (χ1n) is 9.92. The summed E-state index contributed by atoms with van der Waals surface area (Å²) in [5.74, 6) is -0.300. The van der Waals surface area contributed by atoms with E-state index in [2.05, 4.69) is 15.0 Å². The number of imide groups is 1. The van der Waals surface area contributed by atoms with Crippen LogP contribution in [0.2, 0.25) is 0 Å². The number of nitrogens with one attached hydrogen (secondary N) is 1. The van der Waals surface area contributed by atoms with E-state index in [-0.39, 0.29) is 23.1 Å². The van der Waals surface area contributed by atoms with E-state index in [1.807, 2.05) is 0 Å². The zero-order valence-corrected chi connectivity index (χ0v) is 18.3. The number of nitrogens with zero attached hydrogens (tertiary/aromatic N) is 4. The van der Waals surface area contributed by atoms with E-state index in [1.165, 1.54) is 17.0 Å². The van der Waals surface area contributed by atoms with E-state index in [0.717, 1.165) is 10.5 Å². The fourth-order valence-corrected chi connectivity index (χ4v) is 4.97. The highest BCUT2D eigenvalue weighted by Gasteiger charge is 2.52. The number of hydrogen-bond donors (Lipinski definition) is 1. The van der Waals surface area contributed by atoms with Crippen molar-refractivity contribution in [1.29, 1.82) is 0 Å². The second-order valence-corrected chi connectivity index (χ2v) is 10.1. The molecule has 0 unspecified atom stereocenters. The van der Waals surface area contributed by atoms with Gasteiger partial charge >= 0.3 is 6.03 Å². The highest BCUT2D eigenvalue weighted by molar-refractivity contribution is 7.91. The number of aromatic amines is 1. The Hall–Kier alpha value is -3.27. The molecule has 31 heavy (non-hydrogen) atoms. The molecule has 0 saturated carbocycles. The van der Waals surface area contributed by atoms with Crippen molar-refractivity contribution in [3.05, 3.63) is 48.3 Å². The van der Waals surface area contributed by atoms with Crippen LogP contribution in [0.4, 0.5) is 10.7 Å². The summed E-state index contributed by atoms with van der Waals surface area (Å²) < 4.78 is 24.8. The number of sulfone groups is 1. The Morgan fingerprint density at radius 1 is 1.10 bits per heavy atom. The molecule has 1 saturated heterocycles. The van der Waals surface area contributed by atoms with Crippen molar-refractivity contribution >= 4 is 38.8 Å². The topological polar surface area (TPSA) is 116 Å². The summed E-state index contributed by atoms with van der Waals surface area (Å²) in [4.78, 5) is 40.3. The molecule has 10 heteroatoms. The van der Waals surface area contributed by atoms with Gasteiger partial charge in [0.05, 0.1) is 21.7 Å². The van der Waals surface area contributed by atoms with Gasteiger partial charge in [0.1, 0.15) is 5.54 Å². The third kappa shape index (κ3) is 3.56. The number of anilines is 1. The maximum absolute atomic E-state index is 13.2. The number of aromatic nitrogens is 3. The lowest BCUT2D eigenvalue weighted by molar-refractivity contribution is -0.123. The standard InChI is InChI=1S/C21H23N5O4S/c1-4-11-31(29,30)15-5-6-16-17(12-15)24-19(23-16)26-18(27)21(2,3)25(20(26)28)13-14-7-9-22-10-8-14/h5-10,12H,4,11,13H2,1-3H3,(H,23,24). The lowest BCUT2D eigenvalue weighted by Gasteiger charge is -2.27. The van der Waals surface area contributed by atoms with Crippen LogP contribution in [0.25, 0.3) is 11.0 Å². The lowest BCUT2D eigenvalue weighted by Crippen LogP contribution is -2.43. The molecule has 2 aromatic heterocycles. The molecule has 0 bridgehead atoms. The minimum absolute atomic E-state index is 0.0424. The number of hydrogen-bond acceptors (Lipinski definition) is 6. The summed E-state index contributed by atoms with van der Waals surface area (Å²) in [6.45, 7) is 5.42. The number of carbonyl (C=O) groups is 2. The van der Waals surface area contributed by atoms with Crippen LogP contribution in [0.1, 0.15) is 32.8 Å².